The van der Waals surface area contributed by atoms with Crippen LogP contribution in [0.3, 0.4) is 0 Å². The van der Waals surface area contributed by atoms with E-state index in [1.807, 2.05) is 115 Å². The lowest BCUT2D eigenvalue weighted by Gasteiger charge is -2.12. The number of hydrogen-bond donors (Lipinski definition) is 0. The summed E-state index contributed by atoms with van der Waals surface area (Å²) in [6.45, 7) is 0. The normalized spacial score (nSPS) is 11.5. The number of aromatic nitrogens is 8. The first-order valence-electron chi connectivity index (χ1n) is 20.5. The molecule has 0 saturated heterocycles. The zero-order chi connectivity index (χ0) is 41.0. The Balaban J connectivity index is 1.04. The van der Waals surface area contributed by atoms with Crippen molar-refractivity contribution >= 4 is 43.6 Å². The van der Waals surface area contributed by atoms with Gasteiger partial charge in [-0.25, -0.2) is 19.9 Å². The average molecular weight is 795 g/mol. The number of nitrogens with zero attached hydrogens (tertiary/aromatic N) is 8. The minimum absolute atomic E-state index is 0.535. The smallest absolute Gasteiger partial charge is 0.238 e. The molecule has 62 heavy (non-hydrogen) atoms. The molecule has 0 aliphatic heterocycles. The van der Waals surface area contributed by atoms with Crippen molar-refractivity contribution in [3.63, 3.8) is 0 Å². The number of fused-ring (bicyclic) bond motifs is 6. The van der Waals surface area contributed by atoms with Crippen LogP contribution in [0.2, 0.25) is 0 Å². The first-order chi connectivity index (χ1) is 30.7. The summed E-state index contributed by atoms with van der Waals surface area (Å²) in [7, 11) is 0. The Morgan fingerprint density at radius 3 is 1.00 bits per heavy atom. The van der Waals surface area contributed by atoms with Crippen molar-refractivity contribution in [2.75, 3.05) is 0 Å². The zero-order valence-electron chi connectivity index (χ0n) is 33.2. The summed E-state index contributed by atoms with van der Waals surface area (Å²) in [5.74, 6) is 3.48. The molecule has 0 radical (unpaired) electrons. The summed E-state index contributed by atoms with van der Waals surface area (Å²) in [6.07, 6.45) is 0. The summed E-state index contributed by atoms with van der Waals surface area (Å²) < 4.78 is 4.54. The molecule has 8 aromatic carbocycles. The van der Waals surface area contributed by atoms with Gasteiger partial charge in [0.05, 0.1) is 22.1 Å². The molecule has 4 aromatic heterocycles. The largest absolute Gasteiger partial charge is 0.309 e. The van der Waals surface area contributed by atoms with Crippen LogP contribution in [0.4, 0.5) is 0 Å². The van der Waals surface area contributed by atoms with E-state index in [-0.39, 0.29) is 0 Å². The number of rotatable bonds is 7. The molecule has 0 aliphatic rings. The molecule has 0 spiro atoms. The van der Waals surface area contributed by atoms with Crippen LogP contribution < -0.4 is 0 Å². The van der Waals surface area contributed by atoms with Gasteiger partial charge in [0.25, 0.3) is 0 Å². The molecule has 8 heteroatoms. The number of para-hydroxylation sites is 3. The highest BCUT2D eigenvalue weighted by Crippen LogP contribution is 2.39. The topological polar surface area (TPSA) is 87.2 Å². The molecular weight excluding hydrogens is 761 g/mol. The fraction of sp³-hybridized carbons (Fsp3) is 0. The third-order valence-electron chi connectivity index (χ3n) is 11.4. The molecule has 290 valence electrons. The van der Waals surface area contributed by atoms with E-state index < -0.39 is 0 Å². The molecule has 0 bridgehead atoms. The fourth-order valence-electron chi connectivity index (χ4n) is 8.52. The van der Waals surface area contributed by atoms with Crippen LogP contribution >= 0.6 is 0 Å². The maximum atomic E-state index is 5.27. The van der Waals surface area contributed by atoms with Gasteiger partial charge in [0.2, 0.25) is 5.95 Å². The van der Waals surface area contributed by atoms with Gasteiger partial charge in [0, 0.05) is 55.0 Å². The van der Waals surface area contributed by atoms with E-state index in [0.29, 0.717) is 35.1 Å². The molecule has 12 aromatic rings. The second-order valence-corrected chi connectivity index (χ2v) is 15.2. The minimum Gasteiger partial charge on any atom is -0.309 e. The second-order valence-electron chi connectivity index (χ2n) is 15.2. The van der Waals surface area contributed by atoms with Crippen molar-refractivity contribution in [1.82, 2.24) is 39.0 Å². The van der Waals surface area contributed by atoms with Crippen molar-refractivity contribution in [1.29, 1.82) is 0 Å². The Bertz CT molecular complexity index is 3540. The summed E-state index contributed by atoms with van der Waals surface area (Å²) in [4.78, 5) is 30.4. The van der Waals surface area contributed by atoms with E-state index >= 15 is 0 Å². The van der Waals surface area contributed by atoms with Crippen LogP contribution in [-0.4, -0.2) is 39.0 Å². The quantitative estimate of drug-likeness (QED) is 0.160. The Labute approximate surface area is 356 Å². The van der Waals surface area contributed by atoms with E-state index in [0.717, 1.165) is 71.7 Å². The van der Waals surface area contributed by atoms with Crippen molar-refractivity contribution in [2.24, 2.45) is 0 Å². The van der Waals surface area contributed by atoms with Gasteiger partial charge in [-0.2, -0.15) is 9.97 Å². The summed E-state index contributed by atoms with van der Waals surface area (Å²) >= 11 is 0. The maximum Gasteiger partial charge on any atom is 0.238 e. The van der Waals surface area contributed by atoms with Crippen LogP contribution in [-0.2, 0) is 0 Å². The van der Waals surface area contributed by atoms with Crippen LogP contribution in [0.25, 0.3) is 112 Å². The molecule has 0 atom stereocenters. The molecular formula is C54H34N8. The van der Waals surface area contributed by atoms with Crippen molar-refractivity contribution in [3.8, 4) is 68.6 Å². The monoisotopic (exact) mass is 794 g/mol. The molecule has 4 heterocycles. The molecule has 0 aliphatic carbocycles. The molecule has 0 N–H and O–H groups in total. The average Bonchev–Trinajstić information content (AvgIpc) is 3.86. The van der Waals surface area contributed by atoms with Crippen LogP contribution in [0.15, 0.2) is 206 Å². The molecule has 12 rings (SSSR count). The van der Waals surface area contributed by atoms with Gasteiger partial charge in [-0.05, 0) is 36.4 Å². The van der Waals surface area contributed by atoms with Crippen molar-refractivity contribution < 1.29 is 0 Å². The van der Waals surface area contributed by atoms with Crippen molar-refractivity contribution in [3.05, 3.63) is 206 Å². The van der Waals surface area contributed by atoms with E-state index in [1.165, 1.54) is 5.39 Å². The standard InChI is InChI=1S/C54H34N8/c1-5-17-35(18-6-1)49-55-50(36-19-7-2-8-20-36)57-51(56-49)38-29-31-39(32-30-38)53-58-52(37-21-9-3-10-22-37)59-54(60-53)62-46-28-16-14-26-42(46)44-33-47-43(34-48(44)62)41-25-13-15-27-45(41)61(47)40-23-11-4-12-24-40/h1-34H. The van der Waals surface area contributed by atoms with E-state index in [9.17, 15) is 0 Å². The molecule has 0 amide bonds. The van der Waals surface area contributed by atoms with E-state index in [4.69, 9.17) is 29.9 Å². The Morgan fingerprint density at radius 2 is 0.565 bits per heavy atom. The maximum absolute atomic E-state index is 5.27. The van der Waals surface area contributed by atoms with Crippen LogP contribution in [0.1, 0.15) is 0 Å². The lowest BCUT2D eigenvalue weighted by Crippen LogP contribution is -2.06. The molecule has 0 unspecified atom stereocenters. The summed E-state index contributed by atoms with van der Waals surface area (Å²) in [5, 5.41) is 4.56. The highest BCUT2D eigenvalue weighted by Gasteiger charge is 2.21. The number of benzene rings is 8. The minimum atomic E-state index is 0.535. The molecule has 0 saturated carbocycles. The highest BCUT2D eigenvalue weighted by atomic mass is 15.2. The summed E-state index contributed by atoms with van der Waals surface area (Å²) in [6, 6.07) is 70.5. The van der Waals surface area contributed by atoms with E-state index in [1.54, 1.807) is 0 Å². The Hall–Kier alpha value is -8.62. The number of hydrogen-bond acceptors (Lipinski definition) is 6. The highest BCUT2D eigenvalue weighted by molar-refractivity contribution is 6.18. The lowest BCUT2D eigenvalue weighted by molar-refractivity contribution is 0.954. The van der Waals surface area contributed by atoms with Gasteiger partial charge >= 0.3 is 0 Å². The van der Waals surface area contributed by atoms with Gasteiger partial charge in [-0.1, -0.05) is 170 Å². The first kappa shape index (κ1) is 35.3. The second kappa shape index (κ2) is 14.6. The lowest BCUT2D eigenvalue weighted by atomic mass is 10.1. The first-order valence-corrected chi connectivity index (χ1v) is 20.5. The predicted molar refractivity (Wildman–Crippen MR) is 249 cm³/mol. The van der Waals surface area contributed by atoms with Gasteiger partial charge < -0.3 is 4.57 Å². The Kier molecular flexibility index (Phi) is 8.31. The van der Waals surface area contributed by atoms with Gasteiger partial charge in [-0.15, -0.1) is 0 Å². The summed E-state index contributed by atoms with van der Waals surface area (Å²) in [5.41, 5.74) is 9.86. The fourth-order valence-corrected chi connectivity index (χ4v) is 8.52. The predicted octanol–water partition coefficient (Wildman–Crippen LogP) is 12.6. The third-order valence-corrected chi connectivity index (χ3v) is 11.4. The SMILES string of the molecule is c1ccc(-c2nc(-c3ccccc3)nc(-c3ccc(-c4nc(-c5ccccc5)nc(-n5c6ccccc6c6cc7c(cc65)c5ccccc5n7-c5ccccc5)n4)cc3)n2)cc1. The Morgan fingerprint density at radius 1 is 0.242 bits per heavy atom. The van der Waals surface area contributed by atoms with Crippen LogP contribution in [0, 0.1) is 0 Å². The van der Waals surface area contributed by atoms with E-state index in [2.05, 4.69) is 100 Å². The third kappa shape index (κ3) is 6.00. The van der Waals surface area contributed by atoms with Crippen molar-refractivity contribution in [2.45, 2.75) is 0 Å². The zero-order valence-corrected chi connectivity index (χ0v) is 33.2. The van der Waals surface area contributed by atoms with Gasteiger partial charge in [0.15, 0.2) is 29.1 Å². The molecule has 0 fully saturated rings. The van der Waals surface area contributed by atoms with Gasteiger partial charge in [0.1, 0.15) is 0 Å². The van der Waals surface area contributed by atoms with Crippen LogP contribution in [0.5, 0.6) is 0 Å². The van der Waals surface area contributed by atoms with Gasteiger partial charge in [-0.3, -0.25) is 4.57 Å². The molecule has 8 nitrogen and oxygen atoms in total.